The van der Waals surface area contributed by atoms with Crippen molar-refractivity contribution in [3.8, 4) is 0 Å². The smallest absolute Gasteiger partial charge is 0.0105 e. The molecule has 1 N–H and O–H groups in total. The quantitative estimate of drug-likeness (QED) is 0.654. The molecular formula is C9H20N2. The first-order valence-electron chi connectivity index (χ1n) is 4.66. The third-order valence-corrected chi connectivity index (χ3v) is 2.97. The van der Waals surface area contributed by atoms with E-state index in [1.165, 1.54) is 19.5 Å². The van der Waals surface area contributed by atoms with Gasteiger partial charge in [-0.15, -0.1) is 0 Å². The third-order valence-electron chi connectivity index (χ3n) is 2.97. The van der Waals surface area contributed by atoms with E-state index in [0.29, 0.717) is 0 Å². The largest absolute Gasteiger partial charge is 0.316 e. The summed E-state index contributed by atoms with van der Waals surface area (Å²) in [7, 11) is 2.21. The molecule has 0 aromatic carbocycles. The molecular weight excluding hydrogens is 136 g/mol. The van der Waals surface area contributed by atoms with Crippen LogP contribution in [0.15, 0.2) is 0 Å². The highest BCUT2D eigenvalue weighted by Crippen LogP contribution is 2.16. The Morgan fingerprint density at radius 2 is 2.36 bits per heavy atom. The Morgan fingerprint density at radius 1 is 1.64 bits per heavy atom. The van der Waals surface area contributed by atoms with Gasteiger partial charge in [0.05, 0.1) is 0 Å². The minimum Gasteiger partial charge on any atom is -0.316 e. The van der Waals surface area contributed by atoms with Crippen molar-refractivity contribution in [2.24, 2.45) is 5.92 Å². The van der Waals surface area contributed by atoms with E-state index < -0.39 is 0 Å². The van der Waals surface area contributed by atoms with Crippen molar-refractivity contribution < 1.29 is 0 Å². The van der Waals surface area contributed by atoms with Gasteiger partial charge < -0.3 is 10.2 Å². The molecule has 0 bridgehead atoms. The molecule has 0 radical (unpaired) electrons. The summed E-state index contributed by atoms with van der Waals surface area (Å²) in [5, 5.41) is 3.41. The lowest BCUT2D eigenvalue weighted by Gasteiger charge is -2.27. The van der Waals surface area contributed by atoms with Gasteiger partial charge in [-0.3, -0.25) is 0 Å². The Bertz CT molecular complexity index is 108. The van der Waals surface area contributed by atoms with Gasteiger partial charge in [-0.25, -0.2) is 0 Å². The molecule has 1 rings (SSSR count). The van der Waals surface area contributed by atoms with Gasteiger partial charge in [-0.2, -0.15) is 0 Å². The second kappa shape index (κ2) is 4.07. The highest BCUT2D eigenvalue weighted by Gasteiger charge is 2.22. The molecule has 2 nitrogen and oxygen atoms in total. The highest BCUT2D eigenvalue weighted by molar-refractivity contribution is 4.80. The van der Waals surface area contributed by atoms with Gasteiger partial charge in [-0.1, -0.05) is 6.92 Å². The Hall–Kier alpha value is -0.0800. The average molecular weight is 156 g/mol. The average Bonchev–Trinajstić information content (AvgIpc) is 2.53. The van der Waals surface area contributed by atoms with Crippen molar-refractivity contribution in [3.05, 3.63) is 0 Å². The summed E-state index contributed by atoms with van der Waals surface area (Å²) in [4.78, 5) is 2.43. The lowest BCUT2D eigenvalue weighted by Crippen LogP contribution is -2.36. The molecule has 1 saturated heterocycles. The number of rotatable bonds is 3. The second-order valence-corrected chi connectivity index (χ2v) is 3.57. The van der Waals surface area contributed by atoms with Gasteiger partial charge in [0.2, 0.25) is 0 Å². The minimum atomic E-state index is 0.745. The Labute approximate surface area is 70.0 Å². The van der Waals surface area contributed by atoms with Gasteiger partial charge in [-0.05, 0) is 45.9 Å². The van der Waals surface area contributed by atoms with E-state index in [9.17, 15) is 0 Å². The zero-order valence-corrected chi connectivity index (χ0v) is 7.93. The molecule has 0 aromatic rings. The third kappa shape index (κ3) is 2.17. The van der Waals surface area contributed by atoms with Crippen molar-refractivity contribution in [1.29, 1.82) is 0 Å². The number of hydrogen-bond donors (Lipinski definition) is 1. The van der Waals surface area contributed by atoms with Gasteiger partial charge in [0.25, 0.3) is 0 Å². The molecule has 1 fully saturated rings. The first-order valence-corrected chi connectivity index (χ1v) is 4.66. The number of nitrogens with one attached hydrogen (secondary N) is 1. The maximum absolute atomic E-state index is 3.41. The number of hydrogen-bond acceptors (Lipinski definition) is 2. The molecule has 66 valence electrons. The highest BCUT2D eigenvalue weighted by atomic mass is 15.1. The topological polar surface area (TPSA) is 15.3 Å². The van der Waals surface area contributed by atoms with Crippen LogP contribution >= 0.6 is 0 Å². The lowest BCUT2D eigenvalue weighted by atomic mass is 10.00. The Kier molecular flexibility index (Phi) is 3.34. The van der Waals surface area contributed by atoms with Crippen LogP contribution in [0.5, 0.6) is 0 Å². The molecule has 0 aliphatic carbocycles. The van der Waals surface area contributed by atoms with Crippen LogP contribution in [0.1, 0.15) is 20.3 Å². The van der Waals surface area contributed by atoms with Crippen LogP contribution in [0.25, 0.3) is 0 Å². The van der Waals surface area contributed by atoms with Crippen molar-refractivity contribution in [1.82, 2.24) is 10.2 Å². The van der Waals surface area contributed by atoms with Crippen LogP contribution < -0.4 is 5.32 Å². The van der Waals surface area contributed by atoms with Crippen molar-refractivity contribution >= 4 is 0 Å². The van der Waals surface area contributed by atoms with E-state index in [4.69, 9.17) is 0 Å². The van der Waals surface area contributed by atoms with Gasteiger partial charge in [0, 0.05) is 6.04 Å². The van der Waals surface area contributed by atoms with Crippen LogP contribution in [0.4, 0.5) is 0 Å². The minimum absolute atomic E-state index is 0.745. The van der Waals surface area contributed by atoms with E-state index in [1.54, 1.807) is 0 Å². The molecule has 1 heterocycles. The fourth-order valence-electron chi connectivity index (χ4n) is 1.74. The molecule has 2 atom stereocenters. The van der Waals surface area contributed by atoms with Crippen molar-refractivity contribution in [3.63, 3.8) is 0 Å². The summed E-state index contributed by atoms with van der Waals surface area (Å²) in [6.45, 7) is 8.15. The van der Waals surface area contributed by atoms with Crippen molar-refractivity contribution in [2.75, 3.05) is 26.7 Å². The standard InChI is InChI=1S/C9H20N2/c1-4-11(3)8(2)9-5-6-10-7-9/h8-10H,4-7H2,1-3H3. The van der Waals surface area contributed by atoms with Gasteiger partial charge >= 0.3 is 0 Å². The van der Waals surface area contributed by atoms with Crippen LogP contribution in [0.2, 0.25) is 0 Å². The fraction of sp³-hybridized carbons (Fsp3) is 1.00. The van der Waals surface area contributed by atoms with E-state index in [2.05, 4.69) is 31.1 Å². The number of nitrogens with zero attached hydrogens (tertiary/aromatic N) is 1. The molecule has 0 aromatic heterocycles. The zero-order valence-electron chi connectivity index (χ0n) is 7.93. The molecule has 0 spiro atoms. The predicted octanol–water partition coefficient (Wildman–Crippen LogP) is 0.936. The van der Waals surface area contributed by atoms with E-state index in [-0.39, 0.29) is 0 Å². The first kappa shape index (κ1) is 9.01. The normalized spacial score (nSPS) is 27.8. The van der Waals surface area contributed by atoms with E-state index >= 15 is 0 Å². The monoisotopic (exact) mass is 156 g/mol. The first-order chi connectivity index (χ1) is 5.25. The molecule has 0 saturated carbocycles. The molecule has 1 aliphatic heterocycles. The van der Waals surface area contributed by atoms with Crippen LogP contribution in [0.3, 0.4) is 0 Å². The summed E-state index contributed by atoms with van der Waals surface area (Å²) in [5.74, 6) is 0.875. The second-order valence-electron chi connectivity index (χ2n) is 3.57. The summed E-state index contributed by atoms with van der Waals surface area (Å²) >= 11 is 0. The van der Waals surface area contributed by atoms with Crippen molar-refractivity contribution in [2.45, 2.75) is 26.3 Å². The maximum atomic E-state index is 3.41. The van der Waals surface area contributed by atoms with E-state index in [0.717, 1.165) is 18.5 Å². The Morgan fingerprint density at radius 3 is 2.82 bits per heavy atom. The Balaban J connectivity index is 2.32. The maximum Gasteiger partial charge on any atom is 0.0105 e. The van der Waals surface area contributed by atoms with Gasteiger partial charge in [0.15, 0.2) is 0 Å². The van der Waals surface area contributed by atoms with Crippen LogP contribution in [-0.2, 0) is 0 Å². The van der Waals surface area contributed by atoms with Gasteiger partial charge in [0.1, 0.15) is 0 Å². The fourth-order valence-corrected chi connectivity index (χ4v) is 1.74. The molecule has 11 heavy (non-hydrogen) atoms. The predicted molar refractivity (Wildman–Crippen MR) is 48.7 cm³/mol. The zero-order chi connectivity index (χ0) is 8.27. The lowest BCUT2D eigenvalue weighted by molar-refractivity contribution is 0.208. The summed E-state index contributed by atoms with van der Waals surface area (Å²) in [6, 6.07) is 0.745. The molecule has 2 heteroatoms. The molecule has 1 aliphatic rings. The summed E-state index contributed by atoms with van der Waals surface area (Å²) in [6.07, 6.45) is 1.35. The summed E-state index contributed by atoms with van der Waals surface area (Å²) in [5.41, 5.74) is 0. The molecule has 2 unspecified atom stereocenters. The summed E-state index contributed by atoms with van der Waals surface area (Å²) < 4.78 is 0. The SMILES string of the molecule is CCN(C)C(C)C1CCNC1. The molecule has 0 amide bonds. The van der Waals surface area contributed by atoms with Crippen LogP contribution in [0, 0.1) is 5.92 Å². The van der Waals surface area contributed by atoms with E-state index in [1.807, 2.05) is 0 Å². The van der Waals surface area contributed by atoms with Crippen LogP contribution in [-0.4, -0.2) is 37.6 Å².